The lowest BCUT2D eigenvalue weighted by molar-refractivity contribution is 0.0526. The van der Waals surface area contributed by atoms with Gasteiger partial charge in [-0.3, -0.25) is 0 Å². The fraction of sp³-hybridized carbons (Fsp3) is 0.211. The quantitative estimate of drug-likeness (QED) is 0.347. The van der Waals surface area contributed by atoms with Gasteiger partial charge in [-0.1, -0.05) is 15.9 Å². The maximum Gasteiger partial charge on any atom is 0.338 e. The Morgan fingerprint density at radius 1 is 1.19 bits per heavy atom. The monoisotopic (exact) mass is 424 g/mol. The van der Waals surface area contributed by atoms with Crippen molar-refractivity contribution in [3.63, 3.8) is 0 Å². The number of alkyl halides is 3. The van der Waals surface area contributed by atoms with Crippen molar-refractivity contribution in [2.75, 3.05) is 6.61 Å². The molecule has 4 nitrogen and oxygen atoms in total. The minimum absolute atomic E-state index is 0.0901. The van der Waals surface area contributed by atoms with Gasteiger partial charge in [-0.05, 0) is 49.4 Å². The molecule has 0 amide bonds. The molecule has 0 saturated carbocycles. The average Bonchev–Trinajstić information content (AvgIpc) is 3.06. The van der Waals surface area contributed by atoms with Crippen molar-refractivity contribution < 1.29 is 27.5 Å². The zero-order valence-corrected chi connectivity index (χ0v) is 15.4. The lowest BCUT2D eigenvalue weighted by Crippen LogP contribution is -2.04. The molecule has 0 saturated heterocycles. The Hall–Kier alpha value is -2.41. The first-order valence-electron chi connectivity index (χ1n) is 7.87. The van der Waals surface area contributed by atoms with Gasteiger partial charge in [-0.15, -0.1) is 0 Å². The summed E-state index contributed by atoms with van der Waals surface area (Å²) < 4.78 is 41.9. The normalized spacial score (nSPS) is 11.1. The molecule has 0 unspecified atom stereocenters. The second-order valence-corrected chi connectivity index (χ2v) is 5.99. The van der Waals surface area contributed by atoms with Crippen LogP contribution in [-0.4, -0.2) is 12.6 Å². The van der Waals surface area contributed by atoms with Crippen LogP contribution >= 0.6 is 15.9 Å². The maximum atomic E-state index is 12.7. The van der Waals surface area contributed by atoms with Crippen LogP contribution in [0.1, 0.15) is 35.0 Å². The van der Waals surface area contributed by atoms with Crippen LogP contribution in [0, 0.1) is 0 Å². The van der Waals surface area contributed by atoms with Gasteiger partial charge < -0.3 is 13.9 Å². The van der Waals surface area contributed by atoms with E-state index in [0.717, 1.165) is 0 Å². The van der Waals surface area contributed by atoms with E-state index in [4.69, 9.17) is 13.9 Å². The Labute approximate surface area is 156 Å². The highest BCUT2D eigenvalue weighted by molar-refractivity contribution is 9.08. The van der Waals surface area contributed by atoms with Gasteiger partial charge in [0.1, 0.15) is 22.8 Å². The summed E-state index contributed by atoms with van der Waals surface area (Å²) in [7, 11) is 0. The minimum Gasteiger partial charge on any atom is -0.462 e. The van der Waals surface area contributed by atoms with Crippen molar-refractivity contribution in [1.29, 1.82) is 0 Å². The summed E-state index contributed by atoms with van der Waals surface area (Å²) >= 11 is 3.32. The Balaban J connectivity index is 2.01. The highest BCUT2D eigenvalue weighted by Gasteiger charge is 2.16. The number of hydrogen-bond acceptors (Lipinski definition) is 4. The molecule has 0 aliphatic rings. The summed E-state index contributed by atoms with van der Waals surface area (Å²) in [4.78, 5) is 12.1. The van der Waals surface area contributed by atoms with Gasteiger partial charge in [-0.2, -0.15) is 0 Å². The smallest absolute Gasteiger partial charge is 0.338 e. The topological polar surface area (TPSA) is 48.7 Å². The molecule has 0 bridgehead atoms. The van der Waals surface area contributed by atoms with E-state index in [9.17, 15) is 13.6 Å². The summed E-state index contributed by atoms with van der Waals surface area (Å²) in [5.41, 5.74) is 0.672. The highest BCUT2D eigenvalue weighted by atomic mass is 79.9. The summed E-state index contributed by atoms with van der Waals surface area (Å²) in [5, 5.41) is 1.17. The zero-order chi connectivity index (χ0) is 18.7. The number of furan rings is 1. The standard InChI is InChI=1S/C19H15BrF2O4/c1-2-24-19(23)12-7-16(15-9-14(10-20)26-17(15)8-12)25-13-5-3-11(4-6-13)18(21)22/h3-9,18H,2,10H2,1H3. The summed E-state index contributed by atoms with van der Waals surface area (Å²) in [6.07, 6.45) is -2.54. The van der Waals surface area contributed by atoms with Crippen LogP contribution < -0.4 is 4.74 Å². The summed E-state index contributed by atoms with van der Waals surface area (Å²) in [5.74, 6) is 0.924. The number of hydrogen-bond donors (Lipinski definition) is 0. The van der Waals surface area contributed by atoms with Crippen molar-refractivity contribution in [2.45, 2.75) is 18.7 Å². The van der Waals surface area contributed by atoms with Crippen LogP contribution in [0.5, 0.6) is 11.5 Å². The van der Waals surface area contributed by atoms with E-state index in [1.54, 1.807) is 25.1 Å². The van der Waals surface area contributed by atoms with Gasteiger partial charge in [0, 0.05) is 5.56 Å². The lowest BCUT2D eigenvalue weighted by atomic mass is 10.1. The van der Waals surface area contributed by atoms with Crippen molar-refractivity contribution in [1.82, 2.24) is 0 Å². The molecule has 136 valence electrons. The van der Waals surface area contributed by atoms with Crippen LogP contribution in [0.3, 0.4) is 0 Å². The average molecular weight is 425 g/mol. The van der Waals surface area contributed by atoms with Gasteiger partial charge in [0.15, 0.2) is 0 Å². The fourth-order valence-electron chi connectivity index (χ4n) is 2.45. The number of rotatable bonds is 6. The highest BCUT2D eigenvalue weighted by Crippen LogP contribution is 2.35. The molecule has 0 fully saturated rings. The molecule has 3 rings (SSSR count). The minimum atomic E-state index is -2.54. The molecule has 0 aliphatic heterocycles. The maximum absolute atomic E-state index is 12.7. The van der Waals surface area contributed by atoms with E-state index in [1.165, 1.54) is 24.3 Å². The van der Waals surface area contributed by atoms with Crippen LogP contribution in [0.25, 0.3) is 11.0 Å². The Bertz CT molecular complexity index is 919. The Morgan fingerprint density at radius 2 is 1.92 bits per heavy atom. The van der Waals surface area contributed by atoms with Crippen molar-refractivity contribution in [3.05, 3.63) is 59.4 Å². The van der Waals surface area contributed by atoms with Crippen LogP contribution in [-0.2, 0) is 10.1 Å². The van der Waals surface area contributed by atoms with E-state index < -0.39 is 12.4 Å². The lowest BCUT2D eigenvalue weighted by Gasteiger charge is -2.09. The fourth-order valence-corrected chi connectivity index (χ4v) is 2.73. The molecule has 0 spiro atoms. The first-order valence-corrected chi connectivity index (χ1v) is 8.99. The molecule has 26 heavy (non-hydrogen) atoms. The first-order chi connectivity index (χ1) is 12.5. The van der Waals surface area contributed by atoms with Gasteiger partial charge in [0.05, 0.1) is 22.9 Å². The van der Waals surface area contributed by atoms with Gasteiger partial charge in [0.25, 0.3) is 6.43 Å². The number of ether oxygens (including phenoxy) is 2. The van der Waals surface area contributed by atoms with E-state index in [-0.39, 0.29) is 17.7 Å². The number of carbonyl (C=O) groups is 1. The third kappa shape index (κ3) is 3.88. The number of benzene rings is 2. The van der Waals surface area contributed by atoms with Gasteiger partial charge in [0.2, 0.25) is 0 Å². The second kappa shape index (κ2) is 7.86. The summed E-state index contributed by atoms with van der Waals surface area (Å²) in [6, 6.07) is 10.4. The predicted octanol–water partition coefficient (Wildman–Crippen LogP) is 6.23. The first kappa shape index (κ1) is 18.4. The molecule has 2 aromatic carbocycles. The molecular weight excluding hydrogens is 410 g/mol. The second-order valence-electron chi connectivity index (χ2n) is 5.42. The van der Waals surface area contributed by atoms with E-state index in [0.29, 0.717) is 33.6 Å². The third-order valence-electron chi connectivity index (χ3n) is 3.65. The molecule has 7 heteroatoms. The van der Waals surface area contributed by atoms with Gasteiger partial charge in [-0.25, -0.2) is 13.6 Å². The molecule has 1 aromatic heterocycles. The van der Waals surface area contributed by atoms with Crippen LogP contribution in [0.15, 0.2) is 46.9 Å². The SMILES string of the molecule is CCOC(=O)c1cc(Oc2ccc(C(F)F)cc2)c2cc(CBr)oc2c1. The molecule has 0 N–H and O–H groups in total. The van der Waals surface area contributed by atoms with Crippen molar-refractivity contribution in [2.24, 2.45) is 0 Å². The van der Waals surface area contributed by atoms with Crippen molar-refractivity contribution >= 4 is 32.9 Å². The Kier molecular flexibility index (Phi) is 5.56. The van der Waals surface area contributed by atoms with Crippen LogP contribution in [0.2, 0.25) is 0 Å². The number of halogens is 3. The number of fused-ring (bicyclic) bond motifs is 1. The third-order valence-corrected chi connectivity index (χ3v) is 4.21. The van der Waals surface area contributed by atoms with Crippen molar-refractivity contribution in [3.8, 4) is 11.5 Å². The van der Waals surface area contributed by atoms with E-state index in [1.807, 2.05) is 0 Å². The Morgan fingerprint density at radius 3 is 2.54 bits per heavy atom. The molecule has 3 aromatic rings. The van der Waals surface area contributed by atoms with E-state index in [2.05, 4.69) is 15.9 Å². The number of esters is 1. The zero-order valence-electron chi connectivity index (χ0n) is 13.8. The van der Waals surface area contributed by atoms with Gasteiger partial charge >= 0.3 is 5.97 Å². The molecule has 0 aliphatic carbocycles. The molecule has 0 atom stereocenters. The molecular formula is C19H15BrF2O4. The van der Waals surface area contributed by atoms with Crippen LogP contribution in [0.4, 0.5) is 8.78 Å². The predicted molar refractivity (Wildman–Crippen MR) is 96.3 cm³/mol. The van der Waals surface area contributed by atoms with E-state index >= 15 is 0 Å². The molecule has 1 heterocycles. The largest absolute Gasteiger partial charge is 0.462 e. The summed E-state index contributed by atoms with van der Waals surface area (Å²) in [6.45, 7) is 1.96. The molecule has 0 radical (unpaired) electrons. The number of carbonyl (C=O) groups excluding carboxylic acids is 1.